The Bertz CT molecular complexity index is 1130. The van der Waals surface area contributed by atoms with Gasteiger partial charge >= 0.3 is 5.97 Å². The molecule has 0 radical (unpaired) electrons. The first-order chi connectivity index (χ1) is 15.5. The second kappa shape index (κ2) is 10.0. The number of carbonyl (C=O) groups is 2. The smallest absolute Gasteiger partial charge is 0.348 e. The standard InChI is InChI=1S/C24H22Cl2N2O3S/c25-16-8-9-18(19(26)13-16)23(29)28(17-7-4-11-27-12-10-17)20-14-21(32-22(20)24(30)31)15-5-2-1-3-6-15/h1-3,5-6,8-9,13-14,17,27H,4,7,10-12H2,(H,30,31). The van der Waals surface area contributed by atoms with E-state index in [1.807, 2.05) is 36.4 Å². The number of nitrogens with zero attached hydrogens (tertiary/aromatic N) is 1. The van der Waals surface area contributed by atoms with Gasteiger partial charge in [-0.2, -0.15) is 0 Å². The molecule has 1 saturated heterocycles. The van der Waals surface area contributed by atoms with Crippen molar-refractivity contribution in [2.75, 3.05) is 18.0 Å². The van der Waals surface area contributed by atoms with Crippen molar-refractivity contribution in [2.45, 2.75) is 25.3 Å². The molecule has 2 aromatic carbocycles. The van der Waals surface area contributed by atoms with Crippen LogP contribution in [0, 0.1) is 0 Å². The Kier molecular flexibility index (Phi) is 7.16. The van der Waals surface area contributed by atoms with Crippen molar-refractivity contribution in [1.29, 1.82) is 0 Å². The second-order valence-electron chi connectivity index (χ2n) is 7.63. The van der Waals surface area contributed by atoms with Crippen molar-refractivity contribution in [3.63, 3.8) is 0 Å². The van der Waals surface area contributed by atoms with Crippen molar-refractivity contribution in [3.8, 4) is 10.4 Å². The van der Waals surface area contributed by atoms with Crippen LogP contribution in [-0.2, 0) is 0 Å². The van der Waals surface area contributed by atoms with Crippen molar-refractivity contribution in [1.82, 2.24) is 5.32 Å². The molecule has 1 fully saturated rings. The van der Waals surface area contributed by atoms with Gasteiger partial charge in [0, 0.05) is 15.9 Å². The van der Waals surface area contributed by atoms with E-state index in [0.717, 1.165) is 36.4 Å². The lowest BCUT2D eigenvalue weighted by Crippen LogP contribution is -2.41. The summed E-state index contributed by atoms with van der Waals surface area (Å²) < 4.78 is 0. The van der Waals surface area contributed by atoms with E-state index in [9.17, 15) is 14.7 Å². The number of carboxylic acids is 1. The zero-order valence-electron chi connectivity index (χ0n) is 17.2. The third kappa shape index (κ3) is 4.84. The third-order valence-corrected chi connectivity index (χ3v) is 7.22. The van der Waals surface area contributed by atoms with Gasteiger partial charge in [-0.1, -0.05) is 53.5 Å². The van der Waals surface area contributed by atoms with Crippen molar-refractivity contribution in [3.05, 3.63) is 75.1 Å². The van der Waals surface area contributed by atoms with Gasteiger partial charge in [0.05, 0.1) is 16.3 Å². The Morgan fingerprint density at radius 1 is 1.03 bits per heavy atom. The molecule has 166 valence electrons. The van der Waals surface area contributed by atoms with E-state index in [2.05, 4.69) is 5.32 Å². The van der Waals surface area contributed by atoms with Crippen molar-refractivity contribution in [2.24, 2.45) is 0 Å². The minimum absolute atomic E-state index is 0.138. The Morgan fingerprint density at radius 3 is 2.53 bits per heavy atom. The molecule has 0 bridgehead atoms. The number of carboxylic acid groups (broad SMARTS) is 1. The van der Waals surface area contributed by atoms with E-state index in [-0.39, 0.29) is 21.8 Å². The minimum Gasteiger partial charge on any atom is -0.477 e. The summed E-state index contributed by atoms with van der Waals surface area (Å²) in [5.41, 5.74) is 1.62. The van der Waals surface area contributed by atoms with Gasteiger partial charge in [0.15, 0.2) is 0 Å². The Labute approximate surface area is 200 Å². The highest BCUT2D eigenvalue weighted by Crippen LogP contribution is 2.40. The molecule has 0 saturated carbocycles. The molecule has 2 N–H and O–H groups in total. The third-order valence-electron chi connectivity index (χ3n) is 5.52. The van der Waals surface area contributed by atoms with Gasteiger partial charge in [0.2, 0.25) is 0 Å². The van der Waals surface area contributed by atoms with E-state index in [4.69, 9.17) is 23.2 Å². The van der Waals surface area contributed by atoms with Crippen LogP contribution in [0.25, 0.3) is 10.4 Å². The van der Waals surface area contributed by atoms with Crippen LogP contribution in [0.3, 0.4) is 0 Å². The van der Waals surface area contributed by atoms with Crippen LogP contribution < -0.4 is 10.2 Å². The number of nitrogens with one attached hydrogen (secondary N) is 1. The fourth-order valence-corrected chi connectivity index (χ4v) is 5.46. The van der Waals surface area contributed by atoms with Crippen LogP contribution in [-0.4, -0.2) is 36.1 Å². The fraction of sp³-hybridized carbons (Fsp3) is 0.250. The van der Waals surface area contributed by atoms with Crippen LogP contribution >= 0.6 is 34.5 Å². The highest BCUT2D eigenvalue weighted by molar-refractivity contribution is 7.18. The van der Waals surface area contributed by atoms with E-state index < -0.39 is 5.97 Å². The minimum atomic E-state index is -1.06. The van der Waals surface area contributed by atoms with Crippen LogP contribution in [0.2, 0.25) is 10.0 Å². The fourth-order valence-electron chi connectivity index (χ4n) is 3.98. The lowest BCUT2D eigenvalue weighted by molar-refractivity contribution is 0.0703. The maximum absolute atomic E-state index is 13.8. The molecular weight excluding hydrogens is 467 g/mol. The van der Waals surface area contributed by atoms with E-state index >= 15 is 0 Å². The van der Waals surface area contributed by atoms with Gasteiger partial charge < -0.3 is 15.3 Å². The quantitative estimate of drug-likeness (QED) is 0.447. The van der Waals surface area contributed by atoms with Gasteiger partial charge in [-0.05, 0) is 62.2 Å². The van der Waals surface area contributed by atoms with Gasteiger partial charge in [-0.3, -0.25) is 4.79 Å². The maximum atomic E-state index is 13.8. The zero-order chi connectivity index (χ0) is 22.7. The van der Waals surface area contributed by atoms with Crippen LogP contribution in [0.1, 0.15) is 39.3 Å². The molecule has 0 aliphatic carbocycles. The van der Waals surface area contributed by atoms with E-state index in [1.165, 1.54) is 17.4 Å². The topological polar surface area (TPSA) is 69.6 Å². The number of rotatable bonds is 5. The number of aromatic carboxylic acids is 1. The second-order valence-corrected chi connectivity index (χ2v) is 9.53. The molecule has 0 spiro atoms. The number of hydrogen-bond acceptors (Lipinski definition) is 4. The predicted octanol–water partition coefficient (Wildman–Crippen LogP) is 6.21. The lowest BCUT2D eigenvalue weighted by Gasteiger charge is -2.31. The summed E-state index contributed by atoms with van der Waals surface area (Å²) in [7, 11) is 0. The summed E-state index contributed by atoms with van der Waals surface area (Å²) in [5, 5.41) is 14.0. The molecule has 1 aliphatic rings. The van der Waals surface area contributed by atoms with Crippen LogP contribution in [0.5, 0.6) is 0 Å². The molecule has 1 amide bonds. The Morgan fingerprint density at radius 2 is 1.81 bits per heavy atom. The van der Waals surface area contributed by atoms with Crippen LogP contribution in [0.4, 0.5) is 5.69 Å². The molecule has 1 atom stereocenters. The van der Waals surface area contributed by atoms with Gasteiger partial charge in [0.25, 0.3) is 5.91 Å². The van der Waals surface area contributed by atoms with Crippen molar-refractivity contribution >= 4 is 52.1 Å². The van der Waals surface area contributed by atoms with Gasteiger partial charge in [0.1, 0.15) is 4.88 Å². The number of benzene rings is 2. The number of hydrogen-bond donors (Lipinski definition) is 2. The summed E-state index contributed by atoms with van der Waals surface area (Å²) in [6.45, 7) is 1.62. The number of amides is 1. The van der Waals surface area contributed by atoms with Gasteiger partial charge in [-0.25, -0.2) is 4.79 Å². The summed E-state index contributed by atoms with van der Waals surface area (Å²) in [4.78, 5) is 28.6. The lowest BCUT2D eigenvalue weighted by atomic mass is 10.0. The largest absolute Gasteiger partial charge is 0.477 e. The molecule has 5 nitrogen and oxygen atoms in total. The summed E-state index contributed by atoms with van der Waals surface area (Å²) in [6.07, 6.45) is 2.37. The van der Waals surface area contributed by atoms with E-state index in [0.29, 0.717) is 22.7 Å². The number of anilines is 1. The first-order valence-electron chi connectivity index (χ1n) is 10.4. The first kappa shape index (κ1) is 22.8. The van der Waals surface area contributed by atoms with Gasteiger partial charge in [-0.15, -0.1) is 11.3 Å². The Hall–Kier alpha value is -2.38. The highest BCUT2D eigenvalue weighted by atomic mass is 35.5. The SMILES string of the molecule is O=C(O)c1sc(-c2ccccc2)cc1N(C(=O)c1ccc(Cl)cc1Cl)C1CCCNCC1. The summed E-state index contributed by atoms with van der Waals surface area (Å²) in [6, 6.07) is 16.0. The molecule has 8 heteroatoms. The summed E-state index contributed by atoms with van der Waals surface area (Å²) >= 11 is 13.6. The Balaban J connectivity index is 1.85. The first-order valence-corrected chi connectivity index (χ1v) is 11.9. The predicted molar refractivity (Wildman–Crippen MR) is 130 cm³/mol. The number of halogens is 2. The van der Waals surface area contributed by atoms with Crippen molar-refractivity contribution < 1.29 is 14.7 Å². The monoisotopic (exact) mass is 488 g/mol. The zero-order valence-corrected chi connectivity index (χ0v) is 19.5. The number of carbonyl (C=O) groups excluding carboxylic acids is 1. The average molecular weight is 489 g/mol. The molecule has 1 aliphatic heterocycles. The number of thiophene rings is 1. The molecular formula is C24H22Cl2N2O3S. The summed E-state index contributed by atoms with van der Waals surface area (Å²) in [5.74, 6) is -1.38. The molecule has 4 rings (SSSR count). The molecule has 2 heterocycles. The molecule has 32 heavy (non-hydrogen) atoms. The molecule has 1 aromatic heterocycles. The van der Waals surface area contributed by atoms with Crippen LogP contribution in [0.15, 0.2) is 54.6 Å². The normalized spacial score (nSPS) is 16.4. The average Bonchev–Trinajstić information content (AvgIpc) is 3.04. The maximum Gasteiger partial charge on any atom is 0.348 e. The molecule has 1 unspecified atom stereocenters. The highest BCUT2D eigenvalue weighted by Gasteiger charge is 2.33. The molecule has 3 aromatic rings. The van der Waals surface area contributed by atoms with E-state index in [1.54, 1.807) is 17.0 Å².